The number of thiol groups is 1. The number of hydrogen-bond donors (Lipinski definition) is 23. The largest absolute Gasteiger partial charge is 0.508 e. The molecule has 3 aromatic rings. The van der Waals surface area contributed by atoms with Crippen LogP contribution in [-0.4, -0.2) is 260 Å². The Kier molecular flexibility index (Phi) is 36.9. The minimum absolute atomic E-state index is 0.0715. The first-order valence-corrected chi connectivity index (χ1v) is 35.0. The molecule has 110 heavy (non-hydrogen) atoms. The maximum Gasteiger partial charge on any atom is 0.326 e. The number of aliphatic carboxylic acids is 5. The second-order valence-electron chi connectivity index (χ2n) is 25.9. The summed E-state index contributed by atoms with van der Waals surface area (Å²) in [5.74, 6) is -23.5. The number of carbonyl (C=O) groups excluding carboxylic acids is 13. The van der Waals surface area contributed by atoms with Crippen LogP contribution in [0.1, 0.15) is 108 Å². The van der Waals surface area contributed by atoms with Gasteiger partial charge in [0.2, 0.25) is 76.8 Å². The molecular formula is C67H92N16O26S. The van der Waals surface area contributed by atoms with E-state index >= 15 is 0 Å². The molecule has 602 valence electrons. The van der Waals surface area contributed by atoms with Crippen LogP contribution >= 0.6 is 12.6 Å². The van der Waals surface area contributed by atoms with Gasteiger partial charge in [-0.3, -0.25) is 81.5 Å². The van der Waals surface area contributed by atoms with Crippen molar-refractivity contribution < 1.29 is 127 Å². The predicted octanol–water partition coefficient (Wildman–Crippen LogP) is -6.48. The molecule has 42 nitrogen and oxygen atoms in total. The number of aromatic hydroxyl groups is 2. The van der Waals surface area contributed by atoms with Crippen molar-refractivity contribution in [3.8, 4) is 11.5 Å². The van der Waals surface area contributed by atoms with Gasteiger partial charge < -0.3 is 121 Å². The van der Waals surface area contributed by atoms with Crippen molar-refractivity contribution in [1.29, 1.82) is 0 Å². The number of hydrogen-bond acceptors (Lipinski definition) is 24. The molecule has 1 aliphatic heterocycles. The number of benzene rings is 2. The third-order valence-electron chi connectivity index (χ3n) is 16.7. The Balaban J connectivity index is 1.50. The summed E-state index contributed by atoms with van der Waals surface area (Å²) in [6.07, 6.45) is -4.72. The maximum absolute atomic E-state index is 14.3. The van der Waals surface area contributed by atoms with Gasteiger partial charge in [0.15, 0.2) is 0 Å². The summed E-state index contributed by atoms with van der Waals surface area (Å²) in [7, 11) is 0. The third-order valence-corrected chi connectivity index (χ3v) is 17.1. The van der Waals surface area contributed by atoms with Crippen LogP contribution in [0.5, 0.6) is 11.5 Å². The van der Waals surface area contributed by atoms with Gasteiger partial charge in [0.25, 0.3) is 0 Å². The number of aromatic nitrogens is 2. The Bertz CT molecular complexity index is 3780. The van der Waals surface area contributed by atoms with E-state index in [2.05, 4.69) is 81.1 Å². The maximum atomic E-state index is 14.3. The quantitative estimate of drug-likeness (QED) is 0.0234. The summed E-state index contributed by atoms with van der Waals surface area (Å²) < 4.78 is 0. The zero-order valence-electron chi connectivity index (χ0n) is 59.6. The number of nitrogens with one attached hydrogen (secondary N) is 12. The van der Waals surface area contributed by atoms with E-state index in [1.807, 2.05) is 0 Å². The number of imidazole rings is 1. The first-order valence-electron chi connectivity index (χ1n) is 34.4. The number of nitrogens with two attached hydrogens (primary N) is 2. The molecule has 2 heterocycles. The van der Waals surface area contributed by atoms with Crippen molar-refractivity contribution in [2.75, 3.05) is 25.4 Å². The number of likely N-dealkylation sites (tertiary alicyclic amines) is 1. The van der Waals surface area contributed by atoms with Gasteiger partial charge in [-0.15, -0.1) is 0 Å². The van der Waals surface area contributed by atoms with Crippen molar-refractivity contribution in [3.05, 3.63) is 77.9 Å². The summed E-state index contributed by atoms with van der Waals surface area (Å²) in [6.45, 7) is 0.839. The fourth-order valence-electron chi connectivity index (χ4n) is 11.0. The van der Waals surface area contributed by atoms with Crippen molar-refractivity contribution in [2.45, 2.75) is 183 Å². The summed E-state index contributed by atoms with van der Waals surface area (Å²) >= 11 is 4.17. The van der Waals surface area contributed by atoms with Crippen LogP contribution < -0.4 is 70.0 Å². The van der Waals surface area contributed by atoms with Gasteiger partial charge in [-0.2, -0.15) is 12.6 Å². The Morgan fingerprint density at radius 1 is 0.518 bits per heavy atom. The molecule has 12 atom stereocenters. The molecule has 1 aliphatic rings. The van der Waals surface area contributed by atoms with E-state index in [1.165, 1.54) is 61.1 Å². The highest BCUT2D eigenvalue weighted by atomic mass is 32.1. The van der Waals surface area contributed by atoms with Crippen LogP contribution in [0.4, 0.5) is 0 Å². The fourth-order valence-corrected chi connectivity index (χ4v) is 11.3. The van der Waals surface area contributed by atoms with Gasteiger partial charge >= 0.3 is 29.8 Å². The lowest BCUT2D eigenvalue weighted by molar-refractivity contribution is -0.143. The molecule has 1 fully saturated rings. The minimum Gasteiger partial charge on any atom is -0.508 e. The standard InChI is InChI=1S/C67H92N16O26S/c1-32(2)22-43(62(103)76-40(14-18-52(89)90)60(101)80-46(67(108)109)24-34-7-11-37(86)12-8-34)78-64(105)48(30-110)82-61(102)41(15-19-53(91)92)75-58(99)42(16-20-54(93)94)77-65(106)49-4-3-21-83(49)66(107)47(29-84)81-63(104)44(23-33-5-9-36(85)10-6-33)73-51(88)28-71-57(98)45(26-55(95)96)79-59(100)39(13-17-50(69)87)74-56(97)38(68)25-35-27-70-31-72-35/h5-12,27,31-32,38-49,84-86,110H,3-4,13-26,28-30,68H2,1-2H3,(H2,69,87)(H,70,72)(H,71,98)(H,73,88)(H,74,97)(H,75,99)(H,76,103)(H,77,106)(H,78,105)(H,79,100)(H,80,101)(H,81,104)(H,82,102)(H,89,90)(H,91,92)(H,93,94)(H,95,96)(H,108,109)/t38-,39-,40-,41-,42-,43-,44-,45-,46-,47-,48-,49-/m0/s1. The number of aliphatic hydroxyl groups is 1. The van der Waals surface area contributed by atoms with E-state index in [1.54, 1.807) is 13.8 Å². The number of carboxylic acids is 5. The molecule has 0 aliphatic carbocycles. The SMILES string of the molecule is CC(C)C[C@H](NC(=O)[C@H](CS)NC(=O)[C@H](CCC(=O)O)NC(=O)[C@H](CCC(=O)O)NC(=O)[C@@H]1CCCN1C(=O)[C@H](CO)NC(=O)[C@H](Cc1ccc(O)cc1)NC(=O)CNC(=O)[C@H](CC(=O)O)NC(=O)[C@H](CCC(N)=O)NC(=O)[C@@H](N)Cc1cnc[nH]1)C(=O)N[C@@H](CCC(=O)O)C(=O)N[C@@H](Cc1ccc(O)cc1)C(=O)O. The molecule has 1 saturated heterocycles. The number of carboxylic acid groups (broad SMARTS) is 5. The van der Waals surface area contributed by atoms with Crippen LogP contribution in [0, 0.1) is 5.92 Å². The third kappa shape index (κ3) is 31.4. The molecule has 0 spiro atoms. The number of H-pyrrole nitrogens is 1. The van der Waals surface area contributed by atoms with Crippen molar-refractivity contribution in [1.82, 2.24) is 73.4 Å². The van der Waals surface area contributed by atoms with E-state index in [-0.39, 0.29) is 55.7 Å². The number of rotatable bonds is 48. The van der Waals surface area contributed by atoms with Gasteiger partial charge in [0, 0.05) is 69.1 Å². The minimum atomic E-state index is -1.95. The van der Waals surface area contributed by atoms with E-state index < -0.39 is 268 Å². The van der Waals surface area contributed by atoms with Crippen LogP contribution in [0.2, 0.25) is 0 Å². The van der Waals surface area contributed by atoms with Gasteiger partial charge in [-0.1, -0.05) is 38.1 Å². The molecular weight excluding hydrogens is 1480 g/mol. The summed E-state index contributed by atoms with van der Waals surface area (Å²) in [4.78, 5) is 245. The number of phenolic OH excluding ortho intramolecular Hbond substituents is 2. The smallest absolute Gasteiger partial charge is 0.326 e. The van der Waals surface area contributed by atoms with Crippen LogP contribution in [0.15, 0.2) is 61.1 Å². The highest BCUT2D eigenvalue weighted by molar-refractivity contribution is 7.80. The Labute approximate surface area is 632 Å². The topological polar surface area (TPSA) is 685 Å². The van der Waals surface area contributed by atoms with E-state index in [9.17, 15) is 127 Å². The van der Waals surface area contributed by atoms with E-state index in [4.69, 9.17) is 11.5 Å². The predicted molar refractivity (Wildman–Crippen MR) is 380 cm³/mol. The lowest BCUT2D eigenvalue weighted by Crippen LogP contribution is -2.61. The number of phenols is 2. The summed E-state index contributed by atoms with van der Waals surface area (Å²) in [5.41, 5.74) is 12.3. The Morgan fingerprint density at radius 2 is 0.945 bits per heavy atom. The Morgan fingerprint density at radius 3 is 1.40 bits per heavy atom. The number of amides is 13. The van der Waals surface area contributed by atoms with Crippen molar-refractivity contribution in [3.63, 3.8) is 0 Å². The second kappa shape index (κ2) is 44.9. The molecule has 13 amide bonds. The van der Waals surface area contributed by atoms with Crippen molar-refractivity contribution in [2.24, 2.45) is 17.4 Å². The molecule has 0 saturated carbocycles. The molecule has 1 aromatic heterocycles. The van der Waals surface area contributed by atoms with Crippen molar-refractivity contribution >= 4 is 119 Å². The average molecular weight is 1570 g/mol. The molecule has 0 unspecified atom stereocenters. The van der Waals surface area contributed by atoms with Gasteiger partial charge in [0.1, 0.15) is 78.0 Å². The molecule has 43 heteroatoms. The first-order chi connectivity index (χ1) is 51.9. The lowest BCUT2D eigenvalue weighted by atomic mass is 10.0. The monoisotopic (exact) mass is 1570 g/mol. The summed E-state index contributed by atoms with van der Waals surface area (Å²) in [5, 5.41) is 104. The van der Waals surface area contributed by atoms with Gasteiger partial charge in [-0.05, 0) is 86.3 Å². The highest BCUT2D eigenvalue weighted by Crippen LogP contribution is 2.21. The van der Waals surface area contributed by atoms with Crippen LogP contribution in [0.3, 0.4) is 0 Å². The zero-order valence-corrected chi connectivity index (χ0v) is 60.5. The average Bonchev–Trinajstić information content (AvgIpc) is 1.65. The highest BCUT2D eigenvalue weighted by Gasteiger charge is 2.41. The molecule has 0 radical (unpaired) electrons. The van der Waals surface area contributed by atoms with E-state index in [0.29, 0.717) is 11.3 Å². The summed E-state index contributed by atoms with van der Waals surface area (Å²) in [6, 6.07) is -9.88. The zero-order chi connectivity index (χ0) is 82.1. The number of carbonyl (C=O) groups is 18. The van der Waals surface area contributed by atoms with E-state index in [0.717, 1.165) is 4.90 Å². The lowest BCUT2D eigenvalue weighted by Gasteiger charge is -2.30. The molecule has 24 N–H and O–H groups in total. The fraction of sp³-hybridized carbons (Fsp3) is 0.507. The first kappa shape index (κ1) is 90.4. The molecule has 4 rings (SSSR count). The van der Waals surface area contributed by atoms with Crippen LogP contribution in [-0.2, 0) is 106 Å². The number of primary amides is 1. The molecule has 0 bridgehead atoms. The molecule has 2 aromatic carbocycles. The number of nitrogens with zero attached hydrogens (tertiary/aromatic N) is 2. The number of aliphatic hydroxyl groups excluding tert-OH is 1. The van der Waals surface area contributed by atoms with Crippen LogP contribution in [0.25, 0.3) is 0 Å². The normalized spacial score (nSPS) is 15.4. The Hall–Kier alpha value is -12.0. The number of aromatic amines is 1. The van der Waals surface area contributed by atoms with Gasteiger partial charge in [0.05, 0.1) is 31.9 Å². The van der Waals surface area contributed by atoms with Gasteiger partial charge in [-0.25, -0.2) is 9.78 Å². The second-order valence-corrected chi connectivity index (χ2v) is 26.3.